The van der Waals surface area contributed by atoms with Crippen LogP contribution in [0.1, 0.15) is 11.1 Å². The number of ether oxygens (including phenoxy) is 1. The maximum absolute atomic E-state index is 5.97. The first-order valence-corrected chi connectivity index (χ1v) is 5.53. The molecule has 0 amide bonds. The van der Waals surface area contributed by atoms with Crippen molar-refractivity contribution in [3.8, 4) is 11.5 Å². The summed E-state index contributed by atoms with van der Waals surface area (Å²) < 4.78 is 5.74. The summed E-state index contributed by atoms with van der Waals surface area (Å²) in [6.07, 6.45) is 0. The summed E-state index contributed by atoms with van der Waals surface area (Å²) >= 11 is 5.97. The Bertz CT molecular complexity index is 486. The van der Waals surface area contributed by atoms with Gasteiger partial charge in [0.25, 0.3) is 0 Å². The van der Waals surface area contributed by atoms with Gasteiger partial charge in [-0.2, -0.15) is 0 Å². The van der Waals surface area contributed by atoms with Gasteiger partial charge in [0, 0.05) is 5.02 Å². The van der Waals surface area contributed by atoms with Gasteiger partial charge in [0.05, 0.1) is 0 Å². The fourth-order valence-electron chi connectivity index (χ4n) is 1.58. The van der Waals surface area contributed by atoms with E-state index in [4.69, 9.17) is 16.3 Å². The van der Waals surface area contributed by atoms with Crippen LogP contribution < -0.4 is 4.74 Å². The van der Waals surface area contributed by atoms with Crippen molar-refractivity contribution >= 4 is 11.6 Å². The third kappa shape index (κ3) is 2.77. The Labute approximate surface area is 101 Å². The molecule has 2 heteroatoms. The molecular formula is C14H13ClO. The molecule has 0 fully saturated rings. The standard InChI is InChI=1S/C14H13ClO/c1-10-4-3-5-13(7-10)16-14-8-11(2)6-12(15)9-14/h3-9H,1-2H3. The van der Waals surface area contributed by atoms with Gasteiger partial charge in [-0.05, 0) is 55.3 Å². The van der Waals surface area contributed by atoms with Crippen LogP contribution in [-0.4, -0.2) is 0 Å². The predicted molar refractivity (Wildman–Crippen MR) is 67.4 cm³/mol. The van der Waals surface area contributed by atoms with Crippen molar-refractivity contribution in [1.82, 2.24) is 0 Å². The van der Waals surface area contributed by atoms with E-state index in [0.29, 0.717) is 5.02 Å². The second kappa shape index (κ2) is 4.58. The summed E-state index contributed by atoms with van der Waals surface area (Å²) in [4.78, 5) is 0. The fourth-order valence-corrected chi connectivity index (χ4v) is 1.86. The second-order valence-electron chi connectivity index (χ2n) is 3.88. The highest BCUT2D eigenvalue weighted by atomic mass is 35.5. The van der Waals surface area contributed by atoms with Crippen molar-refractivity contribution in [2.45, 2.75) is 13.8 Å². The van der Waals surface area contributed by atoms with Crippen molar-refractivity contribution in [3.63, 3.8) is 0 Å². The smallest absolute Gasteiger partial charge is 0.129 e. The molecule has 0 saturated heterocycles. The van der Waals surface area contributed by atoms with Crippen molar-refractivity contribution in [2.75, 3.05) is 0 Å². The maximum Gasteiger partial charge on any atom is 0.129 e. The number of benzene rings is 2. The zero-order valence-corrected chi connectivity index (χ0v) is 10.1. The summed E-state index contributed by atoms with van der Waals surface area (Å²) in [6.45, 7) is 4.03. The summed E-state index contributed by atoms with van der Waals surface area (Å²) in [6, 6.07) is 13.6. The predicted octanol–water partition coefficient (Wildman–Crippen LogP) is 4.75. The Balaban J connectivity index is 2.27. The molecule has 0 saturated carbocycles. The molecule has 0 N–H and O–H groups in total. The monoisotopic (exact) mass is 232 g/mol. The van der Waals surface area contributed by atoms with Crippen LogP contribution in [0.3, 0.4) is 0 Å². The van der Waals surface area contributed by atoms with Gasteiger partial charge in [0.2, 0.25) is 0 Å². The first-order valence-electron chi connectivity index (χ1n) is 5.15. The molecule has 0 aromatic heterocycles. The van der Waals surface area contributed by atoms with Crippen molar-refractivity contribution in [2.24, 2.45) is 0 Å². The van der Waals surface area contributed by atoms with E-state index in [1.54, 1.807) is 0 Å². The van der Waals surface area contributed by atoms with E-state index in [2.05, 4.69) is 0 Å². The van der Waals surface area contributed by atoms with Gasteiger partial charge < -0.3 is 4.74 Å². The Morgan fingerprint density at radius 2 is 1.62 bits per heavy atom. The van der Waals surface area contributed by atoms with E-state index in [1.165, 1.54) is 5.56 Å². The molecule has 2 aromatic rings. The molecule has 1 nitrogen and oxygen atoms in total. The molecule has 0 unspecified atom stereocenters. The van der Waals surface area contributed by atoms with Crippen LogP contribution in [0.25, 0.3) is 0 Å². The van der Waals surface area contributed by atoms with E-state index < -0.39 is 0 Å². The molecule has 0 bridgehead atoms. The minimum atomic E-state index is 0.697. The number of hydrogen-bond acceptors (Lipinski definition) is 1. The van der Waals surface area contributed by atoms with Crippen LogP contribution in [0.4, 0.5) is 0 Å². The zero-order valence-electron chi connectivity index (χ0n) is 9.33. The SMILES string of the molecule is Cc1cccc(Oc2cc(C)cc(Cl)c2)c1. The zero-order chi connectivity index (χ0) is 11.5. The lowest BCUT2D eigenvalue weighted by molar-refractivity contribution is 0.482. The molecule has 0 radical (unpaired) electrons. The van der Waals surface area contributed by atoms with Crippen LogP contribution in [0.2, 0.25) is 5.02 Å². The van der Waals surface area contributed by atoms with Gasteiger partial charge in [-0.25, -0.2) is 0 Å². The third-order valence-corrected chi connectivity index (χ3v) is 2.46. The third-order valence-electron chi connectivity index (χ3n) is 2.24. The van der Waals surface area contributed by atoms with E-state index >= 15 is 0 Å². The average molecular weight is 233 g/mol. The second-order valence-corrected chi connectivity index (χ2v) is 4.32. The topological polar surface area (TPSA) is 9.23 Å². The van der Waals surface area contributed by atoms with Crippen LogP contribution in [-0.2, 0) is 0 Å². The summed E-state index contributed by atoms with van der Waals surface area (Å²) in [5.41, 5.74) is 2.27. The molecule has 2 aromatic carbocycles. The van der Waals surface area contributed by atoms with Crippen LogP contribution in [0.5, 0.6) is 11.5 Å². The number of hydrogen-bond donors (Lipinski definition) is 0. The highest BCUT2D eigenvalue weighted by molar-refractivity contribution is 6.30. The van der Waals surface area contributed by atoms with Gasteiger partial charge in [-0.3, -0.25) is 0 Å². The molecule has 16 heavy (non-hydrogen) atoms. The normalized spacial score (nSPS) is 10.2. The number of rotatable bonds is 2. The lowest BCUT2D eigenvalue weighted by Crippen LogP contribution is -1.85. The molecule has 0 atom stereocenters. The van der Waals surface area contributed by atoms with E-state index in [9.17, 15) is 0 Å². The van der Waals surface area contributed by atoms with Crippen molar-refractivity contribution in [3.05, 3.63) is 58.6 Å². The van der Waals surface area contributed by atoms with E-state index in [-0.39, 0.29) is 0 Å². The van der Waals surface area contributed by atoms with E-state index in [0.717, 1.165) is 17.1 Å². The number of halogens is 1. The first kappa shape index (κ1) is 11.0. The minimum Gasteiger partial charge on any atom is -0.457 e. The average Bonchev–Trinajstić information content (AvgIpc) is 2.15. The molecule has 0 spiro atoms. The van der Waals surface area contributed by atoms with Gasteiger partial charge in [-0.1, -0.05) is 23.7 Å². The first-order chi connectivity index (χ1) is 7.63. The van der Waals surface area contributed by atoms with E-state index in [1.807, 2.05) is 56.3 Å². The highest BCUT2D eigenvalue weighted by Crippen LogP contribution is 2.26. The van der Waals surface area contributed by atoms with Crippen molar-refractivity contribution < 1.29 is 4.74 Å². The molecule has 82 valence electrons. The largest absolute Gasteiger partial charge is 0.457 e. The minimum absolute atomic E-state index is 0.697. The molecule has 0 aliphatic heterocycles. The van der Waals surface area contributed by atoms with Crippen molar-refractivity contribution in [1.29, 1.82) is 0 Å². The highest BCUT2D eigenvalue weighted by Gasteiger charge is 2.00. The van der Waals surface area contributed by atoms with Crippen LogP contribution in [0.15, 0.2) is 42.5 Å². The van der Waals surface area contributed by atoms with Gasteiger partial charge >= 0.3 is 0 Å². The molecule has 0 aliphatic rings. The van der Waals surface area contributed by atoms with Crippen LogP contribution in [0, 0.1) is 13.8 Å². The Morgan fingerprint density at radius 1 is 0.875 bits per heavy atom. The Kier molecular flexibility index (Phi) is 3.16. The molecule has 0 aliphatic carbocycles. The van der Waals surface area contributed by atoms with Crippen LogP contribution >= 0.6 is 11.6 Å². The quantitative estimate of drug-likeness (QED) is 0.726. The lowest BCUT2D eigenvalue weighted by Gasteiger charge is -2.07. The molecular weight excluding hydrogens is 220 g/mol. The Morgan fingerprint density at radius 3 is 2.31 bits per heavy atom. The Hall–Kier alpha value is -1.47. The summed E-state index contributed by atoms with van der Waals surface area (Å²) in [5.74, 6) is 1.61. The van der Waals surface area contributed by atoms with Gasteiger partial charge in [0.15, 0.2) is 0 Å². The fraction of sp³-hybridized carbons (Fsp3) is 0.143. The molecule has 2 rings (SSSR count). The lowest BCUT2D eigenvalue weighted by atomic mass is 10.2. The summed E-state index contributed by atoms with van der Waals surface area (Å²) in [5, 5.41) is 0.697. The summed E-state index contributed by atoms with van der Waals surface area (Å²) in [7, 11) is 0. The van der Waals surface area contributed by atoms with Gasteiger partial charge in [0.1, 0.15) is 11.5 Å². The van der Waals surface area contributed by atoms with Gasteiger partial charge in [-0.15, -0.1) is 0 Å². The number of aryl methyl sites for hydroxylation is 2. The molecule has 0 heterocycles. The maximum atomic E-state index is 5.97.